The molecule has 3 unspecified atom stereocenters. The van der Waals surface area contributed by atoms with Gasteiger partial charge in [0.2, 0.25) is 5.91 Å². The number of rotatable bonds is 44. The van der Waals surface area contributed by atoms with Crippen LogP contribution >= 0.6 is 7.82 Å². The first-order chi connectivity index (χ1) is 28.0. The molecule has 0 fully saturated rings. The molecule has 3 atom stereocenters. The first kappa shape index (κ1) is 56.7. The molecule has 0 aliphatic rings. The lowest BCUT2D eigenvalue weighted by Crippen LogP contribution is -2.45. The Hall–Kier alpha value is -1.28. The van der Waals surface area contributed by atoms with Crippen LogP contribution in [0.2, 0.25) is 0 Å². The van der Waals surface area contributed by atoms with Crippen molar-refractivity contribution >= 4 is 13.7 Å². The number of amides is 1. The van der Waals surface area contributed by atoms with Gasteiger partial charge in [-0.25, -0.2) is 0 Å². The van der Waals surface area contributed by atoms with Crippen molar-refractivity contribution < 1.29 is 32.9 Å². The SMILES string of the molecule is CCCCC/C=C\C=C/CCCCCCCCCCCCC(=O)NC(COP(=O)([O-])OCC[N+](C)(C)C)C(O)/C=C/CCCCCCCCCCCCCCCCC. The van der Waals surface area contributed by atoms with Crippen LogP contribution in [0.5, 0.6) is 0 Å². The van der Waals surface area contributed by atoms with Gasteiger partial charge in [-0.05, 0) is 44.9 Å². The molecule has 58 heavy (non-hydrogen) atoms. The number of hydrogen-bond acceptors (Lipinski definition) is 6. The Morgan fingerprint density at radius 2 is 0.983 bits per heavy atom. The van der Waals surface area contributed by atoms with E-state index in [-0.39, 0.29) is 19.1 Å². The van der Waals surface area contributed by atoms with E-state index in [1.165, 1.54) is 161 Å². The van der Waals surface area contributed by atoms with Crippen LogP contribution in [0.4, 0.5) is 0 Å². The van der Waals surface area contributed by atoms with E-state index >= 15 is 0 Å². The van der Waals surface area contributed by atoms with Crippen LogP contribution in [0.1, 0.15) is 219 Å². The van der Waals surface area contributed by atoms with Crippen LogP contribution in [-0.4, -0.2) is 68.5 Å². The standard InChI is InChI=1S/C49H95N2O6P/c1-6-8-10-12-14-16-18-20-22-24-25-27-29-31-33-35-37-39-41-43-49(53)50-47(46-57-58(54,55)56-45-44-51(3,4)5)48(52)42-40-38-36-34-32-30-28-26-23-21-19-17-15-13-11-9-7-2/h14,16,18,20,40,42,47-48,52H,6-13,15,17,19,21-39,41,43-46H2,1-5H3,(H-,50,53,54,55)/b16-14-,20-18-,42-40+. The van der Waals surface area contributed by atoms with Crippen molar-refractivity contribution in [2.24, 2.45) is 0 Å². The number of quaternary nitrogens is 1. The second-order valence-corrected chi connectivity index (χ2v) is 19.3. The summed E-state index contributed by atoms with van der Waals surface area (Å²) in [6, 6.07) is -0.887. The predicted octanol–water partition coefficient (Wildman–Crippen LogP) is 13.2. The molecule has 0 saturated carbocycles. The number of hydrogen-bond donors (Lipinski definition) is 2. The first-order valence-electron chi connectivity index (χ1n) is 24.4. The Kier molecular flexibility index (Phi) is 40.2. The average molecular weight is 839 g/mol. The minimum absolute atomic E-state index is 0.00158. The van der Waals surface area contributed by atoms with Gasteiger partial charge in [-0.2, -0.15) is 0 Å². The second-order valence-electron chi connectivity index (χ2n) is 17.8. The van der Waals surface area contributed by atoms with Gasteiger partial charge < -0.3 is 28.8 Å². The van der Waals surface area contributed by atoms with Crippen molar-refractivity contribution in [3.05, 3.63) is 36.5 Å². The van der Waals surface area contributed by atoms with Crippen LogP contribution in [0.3, 0.4) is 0 Å². The molecule has 0 saturated heterocycles. The number of aliphatic hydroxyl groups is 1. The van der Waals surface area contributed by atoms with Crippen molar-refractivity contribution in [2.45, 2.75) is 231 Å². The van der Waals surface area contributed by atoms with E-state index in [1.807, 2.05) is 27.2 Å². The van der Waals surface area contributed by atoms with Gasteiger partial charge in [-0.3, -0.25) is 9.36 Å². The predicted molar refractivity (Wildman–Crippen MR) is 247 cm³/mol. The molecule has 2 N–H and O–H groups in total. The van der Waals surface area contributed by atoms with Crippen molar-refractivity contribution in [3.8, 4) is 0 Å². The molecule has 342 valence electrons. The monoisotopic (exact) mass is 839 g/mol. The minimum atomic E-state index is -4.59. The summed E-state index contributed by atoms with van der Waals surface area (Å²) in [5, 5.41) is 13.8. The highest BCUT2D eigenvalue weighted by atomic mass is 31.2. The van der Waals surface area contributed by atoms with Gasteiger partial charge in [0.1, 0.15) is 13.2 Å². The highest BCUT2D eigenvalue weighted by molar-refractivity contribution is 7.45. The third kappa shape index (κ3) is 42.8. The lowest BCUT2D eigenvalue weighted by Gasteiger charge is -2.29. The molecule has 9 heteroatoms. The minimum Gasteiger partial charge on any atom is -0.756 e. The zero-order valence-corrected chi connectivity index (χ0v) is 39.6. The number of nitrogens with one attached hydrogen (secondary N) is 1. The van der Waals surface area contributed by atoms with E-state index in [0.29, 0.717) is 17.4 Å². The largest absolute Gasteiger partial charge is 0.756 e. The van der Waals surface area contributed by atoms with Gasteiger partial charge in [-0.1, -0.05) is 204 Å². The van der Waals surface area contributed by atoms with Crippen LogP contribution in [0.15, 0.2) is 36.5 Å². The Balaban J connectivity index is 4.36. The Labute approximate surface area is 359 Å². The van der Waals surface area contributed by atoms with E-state index in [1.54, 1.807) is 6.08 Å². The molecule has 0 bridgehead atoms. The topological polar surface area (TPSA) is 108 Å². The molecule has 0 radical (unpaired) electrons. The van der Waals surface area contributed by atoms with E-state index < -0.39 is 20.0 Å². The lowest BCUT2D eigenvalue weighted by atomic mass is 10.0. The summed E-state index contributed by atoms with van der Waals surface area (Å²) < 4.78 is 23.3. The lowest BCUT2D eigenvalue weighted by molar-refractivity contribution is -0.870. The number of unbranched alkanes of at least 4 members (excludes halogenated alkanes) is 28. The molecule has 0 aromatic heterocycles. The number of phosphoric acid groups is 1. The molecule has 0 aliphatic carbocycles. The zero-order valence-electron chi connectivity index (χ0n) is 38.8. The van der Waals surface area contributed by atoms with E-state index in [4.69, 9.17) is 9.05 Å². The van der Waals surface area contributed by atoms with Gasteiger partial charge in [0.05, 0.1) is 39.9 Å². The molecule has 0 aromatic carbocycles. The summed E-state index contributed by atoms with van der Waals surface area (Å²) in [5.74, 6) is -0.201. The molecular formula is C49H95N2O6P. The smallest absolute Gasteiger partial charge is 0.268 e. The Morgan fingerprint density at radius 1 is 0.603 bits per heavy atom. The normalized spacial score (nSPS) is 14.5. The number of allylic oxidation sites excluding steroid dienone is 5. The van der Waals surface area contributed by atoms with Crippen molar-refractivity contribution in [3.63, 3.8) is 0 Å². The van der Waals surface area contributed by atoms with Crippen LogP contribution in [-0.2, 0) is 18.4 Å². The fraction of sp³-hybridized carbons (Fsp3) is 0.857. The van der Waals surface area contributed by atoms with Crippen LogP contribution < -0.4 is 10.2 Å². The summed E-state index contributed by atoms with van der Waals surface area (Å²) in [6.07, 6.45) is 50.4. The van der Waals surface area contributed by atoms with Crippen LogP contribution in [0.25, 0.3) is 0 Å². The van der Waals surface area contributed by atoms with Crippen LogP contribution in [0, 0.1) is 0 Å². The molecule has 0 spiro atoms. The maximum absolute atomic E-state index is 12.9. The summed E-state index contributed by atoms with van der Waals surface area (Å²) >= 11 is 0. The van der Waals surface area contributed by atoms with Gasteiger partial charge >= 0.3 is 0 Å². The summed E-state index contributed by atoms with van der Waals surface area (Å²) in [6.45, 7) is 4.63. The third-order valence-corrected chi connectivity index (χ3v) is 11.8. The number of carbonyl (C=O) groups excluding carboxylic acids is 1. The molecule has 0 aromatic rings. The quantitative estimate of drug-likeness (QED) is 0.0208. The van der Waals surface area contributed by atoms with E-state index in [2.05, 4.69) is 43.5 Å². The third-order valence-electron chi connectivity index (χ3n) is 10.9. The van der Waals surface area contributed by atoms with Gasteiger partial charge in [0, 0.05) is 6.42 Å². The van der Waals surface area contributed by atoms with Crippen molar-refractivity contribution in [1.82, 2.24) is 5.32 Å². The van der Waals surface area contributed by atoms with Gasteiger partial charge in [0.15, 0.2) is 0 Å². The molecule has 0 aliphatic heterocycles. The van der Waals surface area contributed by atoms with Gasteiger partial charge in [-0.15, -0.1) is 0 Å². The zero-order chi connectivity index (χ0) is 42.8. The number of phosphoric ester groups is 1. The number of nitrogens with zero attached hydrogens (tertiary/aromatic N) is 1. The maximum Gasteiger partial charge on any atom is 0.268 e. The van der Waals surface area contributed by atoms with Gasteiger partial charge in [0.25, 0.3) is 7.82 Å². The van der Waals surface area contributed by atoms with E-state index in [0.717, 1.165) is 38.5 Å². The molecular weight excluding hydrogens is 744 g/mol. The highest BCUT2D eigenvalue weighted by Gasteiger charge is 2.23. The molecule has 1 amide bonds. The molecule has 0 heterocycles. The van der Waals surface area contributed by atoms with E-state index in [9.17, 15) is 19.4 Å². The molecule has 0 rings (SSSR count). The summed E-state index contributed by atoms with van der Waals surface area (Å²) in [5.41, 5.74) is 0. The molecule has 8 nitrogen and oxygen atoms in total. The maximum atomic E-state index is 12.9. The number of likely N-dealkylation sites (N-methyl/N-ethyl adjacent to an activating group) is 1. The van der Waals surface area contributed by atoms with Crippen molar-refractivity contribution in [2.75, 3.05) is 40.9 Å². The Bertz CT molecular complexity index is 1040. The Morgan fingerprint density at radius 3 is 1.43 bits per heavy atom. The summed E-state index contributed by atoms with van der Waals surface area (Å²) in [4.78, 5) is 25.4. The second kappa shape index (κ2) is 41.1. The average Bonchev–Trinajstić information content (AvgIpc) is 3.17. The first-order valence-corrected chi connectivity index (χ1v) is 25.8. The number of carbonyl (C=O) groups is 1. The van der Waals surface area contributed by atoms with Crippen molar-refractivity contribution in [1.29, 1.82) is 0 Å². The fourth-order valence-electron chi connectivity index (χ4n) is 6.97. The number of aliphatic hydroxyl groups excluding tert-OH is 1. The highest BCUT2D eigenvalue weighted by Crippen LogP contribution is 2.38. The summed E-state index contributed by atoms with van der Waals surface area (Å²) in [7, 11) is 1.26. The fourth-order valence-corrected chi connectivity index (χ4v) is 7.69.